The minimum Gasteiger partial charge on any atom is -0.461 e. The zero-order valence-electron chi connectivity index (χ0n) is 25.4. The molecule has 5 rings (SSSR count). The maximum atomic E-state index is 12.7. The molecule has 0 amide bonds. The minimum absolute atomic E-state index is 0.0353. The summed E-state index contributed by atoms with van der Waals surface area (Å²) in [6.45, 7) is 8.84. The molecule has 10 heteroatoms. The van der Waals surface area contributed by atoms with E-state index < -0.39 is 5.54 Å². The Balaban J connectivity index is 1.32. The fraction of sp³-hybridized carbons (Fsp3) is 0.455. The van der Waals surface area contributed by atoms with Crippen LogP contribution in [-0.2, 0) is 27.4 Å². The lowest BCUT2D eigenvalue weighted by molar-refractivity contribution is -0.155. The zero-order chi connectivity index (χ0) is 30.7. The number of carbonyl (C=O) groups is 1. The van der Waals surface area contributed by atoms with Gasteiger partial charge in [-0.25, -0.2) is 4.98 Å². The van der Waals surface area contributed by atoms with Crippen LogP contribution < -0.4 is 11.1 Å². The molecule has 1 aliphatic carbocycles. The fourth-order valence-corrected chi connectivity index (χ4v) is 5.86. The number of fused-ring (bicyclic) bond motifs is 1. The average Bonchev–Trinajstić information content (AvgIpc) is 3.61. The van der Waals surface area contributed by atoms with Gasteiger partial charge in [0.2, 0.25) is 5.95 Å². The van der Waals surface area contributed by atoms with Crippen molar-refractivity contribution in [3.63, 3.8) is 0 Å². The Morgan fingerprint density at radius 1 is 1.19 bits per heavy atom. The number of rotatable bonds is 8. The van der Waals surface area contributed by atoms with Gasteiger partial charge in [0.15, 0.2) is 0 Å². The van der Waals surface area contributed by atoms with Gasteiger partial charge in [-0.05, 0) is 69.7 Å². The first kappa shape index (κ1) is 30.7. The summed E-state index contributed by atoms with van der Waals surface area (Å²) in [4.78, 5) is 26.0. The average molecular weight is 603 g/mol. The van der Waals surface area contributed by atoms with Gasteiger partial charge in [0.1, 0.15) is 22.4 Å². The molecule has 9 nitrogen and oxygen atoms in total. The van der Waals surface area contributed by atoms with Crippen LogP contribution in [0.15, 0.2) is 46.7 Å². The van der Waals surface area contributed by atoms with Crippen LogP contribution in [0, 0.1) is 17.8 Å². The quantitative estimate of drug-likeness (QED) is 0.201. The number of allylic oxidation sites excluding steroid dienone is 1. The number of nitrogen functional groups attached to an aromatic ring is 1. The normalized spacial score (nSPS) is 19.1. The van der Waals surface area contributed by atoms with Gasteiger partial charge in [-0.15, -0.1) is 0 Å². The summed E-state index contributed by atoms with van der Waals surface area (Å²) >= 11 is 6.55. The van der Waals surface area contributed by atoms with Gasteiger partial charge >= 0.3 is 5.97 Å². The van der Waals surface area contributed by atoms with Crippen LogP contribution in [0.3, 0.4) is 0 Å². The molecule has 0 radical (unpaired) electrons. The second kappa shape index (κ2) is 12.9. The van der Waals surface area contributed by atoms with E-state index in [2.05, 4.69) is 39.0 Å². The molecule has 3 heterocycles. The maximum absolute atomic E-state index is 12.7. The summed E-state index contributed by atoms with van der Waals surface area (Å²) in [5, 5.41) is 4.23. The number of aromatic nitrogens is 3. The Bertz CT molecular complexity index is 1620. The summed E-state index contributed by atoms with van der Waals surface area (Å²) < 4.78 is 13.4. The maximum Gasteiger partial charge on any atom is 0.326 e. The number of halogens is 1. The van der Waals surface area contributed by atoms with Gasteiger partial charge in [-0.2, -0.15) is 4.98 Å². The van der Waals surface area contributed by atoms with E-state index in [4.69, 9.17) is 26.8 Å². The molecule has 0 saturated heterocycles. The van der Waals surface area contributed by atoms with Crippen molar-refractivity contribution in [2.45, 2.75) is 84.2 Å². The predicted octanol–water partition coefficient (Wildman–Crippen LogP) is 5.43. The van der Waals surface area contributed by atoms with E-state index in [9.17, 15) is 4.79 Å². The lowest BCUT2D eigenvalue weighted by atomic mass is 9.95. The molecule has 3 N–H and O–H groups in total. The molecule has 1 fully saturated rings. The molecule has 226 valence electrons. The third-order valence-electron chi connectivity index (χ3n) is 8.20. The Labute approximate surface area is 257 Å². The molecule has 0 bridgehead atoms. The Morgan fingerprint density at radius 2 is 1.91 bits per heavy atom. The van der Waals surface area contributed by atoms with Crippen molar-refractivity contribution < 1.29 is 14.3 Å². The Hall–Kier alpha value is -3.71. The first-order valence-electron chi connectivity index (χ1n) is 14.7. The summed E-state index contributed by atoms with van der Waals surface area (Å²) in [5.41, 5.74) is 10.3. The number of nitrogens with one attached hydrogen (secondary N) is 1. The number of hydrogen-bond donors (Lipinski definition) is 2. The molecule has 2 aliphatic rings. The number of nitrogens with zero attached hydrogens (tertiary/aromatic N) is 4. The molecule has 1 aliphatic heterocycles. The minimum atomic E-state index is -0.778. The van der Waals surface area contributed by atoms with E-state index in [1.54, 1.807) is 7.11 Å². The molecule has 0 spiro atoms. The molecule has 1 saturated carbocycles. The first-order chi connectivity index (χ1) is 20.6. The van der Waals surface area contributed by atoms with Crippen molar-refractivity contribution >= 4 is 40.8 Å². The molecule has 2 atom stereocenters. The zero-order valence-corrected chi connectivity index (χ0v) is 26.2. The number of ether oxygens (including phenoxy) is 2. The highest BCUT2D eigenvalue weighted by Crippen LogP contribution is 2.30. The van der Waals surface area contributed by atoms with Gasteiger partial charge in [0, 0.05) is 37.5 Å². The van der Waals surface area contributed by atoms with Gasteiger partial charge in [0.25, 0.3) is 0 Å². The van der Waals surface area contributed by atoms with Crippen molar-refractivity contribution in [2.24, 2.45) is 10.9 Å². The van der Waals surface area contributed by atoms with Gasteiger partial charge in [-0.1, -0.05) is 42.5 Å². The second-order valence-electron chi connectivity index (χ2n) is 11.9. The molecule has 2 aromatic heterocycles. The van der Waals surface area contributed by atoms with Crippen LogP contribution in [0.4, 0.5) is 5.95 Å². The van der Waals surface area contributed by atoms with Crippen molar-refractivity contribution in [2.75, 3.05) is 12.8 Å². The monoisotopic (exact) mass is 602 g/mol. The van der Waals surface area contributed by atoms with Crippen molar-refractivity contribution in [3.05, 3.63) is 63.6 Å². The largest absolute Gasteiger partial charge is 0.461 e. The van der Waals surface area contributed by atoms with E-state index in [1.165, 1.54) is 0 Å². The summed E-state index contributed by atoms with van der Waals surface area (Å²) in [7, 11) is 1.71. The summed E-state index contributed by atoms with van der Waals surface area (Å²) in [5.74, 6) is 6.57. The molecular weight excluding hydrogens is 564 g/mol. The topological polar surface area (TPSA) is 117 Å². The van der Waals surface area contributed by atoms with E-state index in [-0.39, 0.29) is 35.2 Å². The number of carbonyl (C=O) groups excluding carboxylic acids is 1. The van der Waals surface area contributed by atoms with Crippen molar-refractivity contribution in [1.29, 1.82) is 0 Å². The third kappa shape index (κ3) is 6.93. The molecular formula is C33H39ClN6O3. The van der Waals surface area contributed by atoms with Gasteiger partial charge in [-0.3, -0.25) is 15.1 Å². The van der Waals surface area contributed by atoms with Crippen molar-refractivity contribution in [3.8, 4) is 11.8 Å². The predicted molar refractivity (Wildman–Crippen MR) is 170 cm³/mol. The van der Waals surface area contributed by atoms with Crippen LogP contribution in [0.25, 0.3) is 11.0 Å². The highest BCUT2D eigenvalue weighted by Gasteiger charge is 2.32. The number of nitrogens with two attached hydrogens (primary N) is 1. The lowest BCUT2D eigenvalue weighted by Gasteiger charge is -2.26. The van der Waals surface area contributed by atoms with Gasteiger partial charge < -0.3 is 19.8 Å². The molecule has 3 aromatic rings. The second-order valence-corrected chi connectivity index (χ2v) is 12.3. The molecule has 1 aromatic carbocycles. The number of methoxy groups -OCH3 is 1. The number of benzene rings is 1. The lowest BCUT2D eigenvalue weighted by Crippen LogP contribution is -2.48. The van der Waals surface area contributed by atoms with E-state index in [0.29, 0.717) is 29.7 Å². The van der Waals surface area contributed by atoms with Crippen LogP contribution in [0.2, 0.25) is 5.15 Å². The smallest absolute Gasteiger partial charge is 0.326 e. The van der Waals surface area contributed by atoms with Gasteiger partial charge in [0.05, 0.1) is 29.3 Å². The van der Waals surface area contributed by atoms with Crippen molar-refractivity contribution in [1.82, 2.24) is 19.9 Å². The van der Waals surface area contributed by atoms with E-state index in [0.717, 1.165) is 48.1 Å². The highest BCUT2D eigenvalue weighted by atomic mass is 35.5. The molecule has 43 heavy (non-hydrogen) atoms. The Morgan fingerprint density at radius 3 is 2.60 bits per heavy atom. The summed E-state index contributed by atoms with van der Waals surface area (Å²) in [6.07, 6.45) is 8.01. The summed E-state index contributed by atoms with van der Waals surface area (Å²) in [6, 6.07) is 7.91. The number of hydrogen-bond acceptors (Lipinski definition) is 8. The van der Waals surface area contributed by atoms with Crippen LogP contribution in [0.1, 0.15) is 70.1 Å². The van der Waals surface area contributed by atoms with E-state index >= 15 is 0 Å². The highest BCUT2D eigenvalue weighted by molar-refractivity contribution is 6.34. The van der Waals surface area contributed by atoms with Crippen LogP contribution in [-0.4, -0.2) is 51.6 Å². The number of aliphatic imine (C=N–C) groups is 1. The van der Waals surface area contributed by atoms with Crippen LogP contribution in [0.5, 0.6) is 0 Å². The third-order valence-corrected chi connectivity index (χ3v) is 8.48. The Kier molecular flexibility index (Phi) is 9.21. The van der Waals surface area contributed by atoms with E-state index in [1.807, 2.05) is 62.0 Å². The number of esters is 1. The standard InChI is InChI=1S/C33H39ClN6O3/c1-20-16-36-26(21(2)28(20)42-5)19-40-18-24(27-29(34)38-32(35)39-30(27)40)15-14-22-10-12-23(13-11-22)17-37-33(3,4)31(41)43-25-8-6-7-9-25/h10-13,16,18,20,25,28,37H,6-9,17,19H2,1-5H3,(H2,35,38,39). The van der Waals surface area contributed by atoms with Crippen LogP contribution >= 0.6 is 11.6 Å². The first-order valence-corrected chi connectivity index (χ1v) is 15.1. The number of anilines is 1. The SMILES string of the molecule is COC1C(C)=C(Cn2cc(C#Cc3ccc(CNC(C)(C)C(=O)OC4CCCC4)cc3)c3c(Cl)nc(N)nc32)N=CC1C. The molecule has 2 unspecified atom stereocenters. The fourth-order valence-electron chi connectivity index (χ4n) is 5.58.